The molecule has 1 aromatic heterocycles. The average molecular weight is 456 g/mol. The minimum absolute atomic E-state index is 0.102. The average Bonchev–Trinajstić information content (AvgIpc) is 2.92. The van der Waals surface area contributed by atoms with Crippen molar-refractivity contribution in [3.8, 4) is 5.75 Å². The van der Waals surface area contributed by atoms with Crippen molar-refractivity contribution in [3.05, 3.63) is 40.2 Å². The predicted octanol–water partition coefficient (Wildman–Crippen LogP) is 2.98. The van der Waals surface area contributed by atoms with Gasteiger partial charge in [0.1, 0.15) is 30.0 Å². The van der Waals surface area contributed by atoms with E-state index in [9.17, 15) is 19.2 Å². The number of methoxy groups -OCH3 is 1. The Balaban J connectivity index is 1.46. The number of urea groups is 1. The van der Waals surface area contributed by atoms with Gasteiger partial charge in [-0.2, -0.15) is 0 Å². The molecule has 1 N–H and O–H groups in total. The maximum atomic E-state index is 13.2. The molecule has 1 saturated carbocycles. The number of hydrogen-bond donors (Lipinski definition) is 1. The van der Waals surface area contributed by atoms with Gasteiger partial charge in [0.05, 0.1) is 7.11 Å². The van der Waals surface area contributed by atoms with Crippen molar-refractivity contribution in [2.45, 2.75) is 52.2 Å². The molecule has 0 radical (unpaired) electrons. The molecule has 33 heavy (non-hydrogen) atoms. The van der Waals surface area contributed by atoms with E-state index in [0.29, 0.717) is 35.1 Å². The zero-order valence-corrected chi connectivity index (χ0v) is 19.2. The highest BCUT2D eigenvalue weighted by atomic mass is 16.5. The summed E-state index contributed by atoms with van der Waals surface area (Å²) >= 11 is 0. The molecule has 2 atom stereocenters. The molecule has 9 nitrogen and oxygen atoms in total. The first-order valence-electron chi connectivity index (χ1n) is 10.9. The number of hydrogen-bond acceptors (Lipinski definition) is 7. The van der Waals surface area contributed by atoms with Crippen LogP contribution in [0.15, 0.2) is 33.5 Å². The first-order valence-corrected chi connectivity index (χ1v) is 10.9. The Hall–Kier alpha value is -3.36. The third-order valence-corrected chi connectivity index (χ3v) is 6.34. The molecule has 1 aliphatic carbocycles. The van der Waals surface area contributed by atoms with E-state index >= 15 is 0 Å². The van der Waals surface area contributed by atoms with Crippen LogP contribution < -0.4 is 15.7 Å². The highest BCUT2D eigenvalue weighted by molar-refractivity contribution is 6.08. The van der Waals surface area contributed by atoms with E-state index in [1.807, 2.05) is 0 Å². The van der Waals surface area contributed by atoms with E-state index in [1.54, 1.807) is 18.2 Å². The first-order chi connectivity index (χ1) is 15.5. The van der Waals surface area contributed by atoms with Gasteiger partial charge in [0, 0.05) is 23.1 Å². The SMILES string of the molecule is COc1ccc2c(COC(=O)CN3C(=O)N[C@]4(C[C@@H](C)CC(C)(C)C4)C3=O)cc(=O)oc2c1. The number of nitrogens with zero attached hydrogens (tertiary/aromatic N) is 1. The van der Waals surface area contributed by atoms with Crippen molar-refractivity contribution in [1.29, 1.82) is 0 Å². The lowest BCUT2D eigenvalue weighted by molar-refractivity contribution is -0.149. The van der Waals surface area contributed by atoms with Crippen molar-refractivity contribution < 1.29 is 28.3 Å². The molecule has 0 bridgehead atoms. The molecule has 1 saturated heterocycles. The number of amides is 3. The summed E-state index contributed by atoms with van der Waals surface area (Å²) in [5, 5.41) is 3.43. The van der Waals surface area contributed by atoms with Crippen LogP contribution in [0.2, 0.25) is 0 Å². The molecule has 1 aromatic carbocycles. The standard InChI is InChI=1S/C24H28N2O7/c1-14-9-23(2,3)13-24(10-14)21(29)26(22(30)25-24)11-20(28)32-12-15-7-19(27)33-18-8-16(31-4)5-6-17(15)18/h5-8,14H,9-13H2,1-4H3,(H,25,30)/t14-,24-/m0/s1. The fourth-order valence-electron chi connectivity index (χ4n) is 5.44. The number of carbonyl (C=O) groups is 3. The van der Waals surface area contributed by atoms with Crippen LogP contribution in [0.1, 0.15) is 45.6 Å². The number of carbonyl (C=O) groups excluding carboxylic acids is 3. The summed E-state index contributed by atoms with van der Waals surface area (Å²) in [4.78, 5) is 51.1. The Morgan fingerprint density at radius 1 is 1.21 bits per heavy atom. The topological polar surface area (TPSA) is 115 Å². The van der Waals surface area contributed by atoms with Crippen molar-refractivity contribution in [2.75, 3.05) is 13.7 Å². The van der Waals surface area contributed by atoms with Gasteiger partial charge in [0.25, 0.3) is 5.91 Å². The van der Waals surface area contributed by atoms with Crippen LogP contribution in [-0.2, 0) is 20.9 Å². The second-order valence-electron chi connectivity index (χ2n) is 9.87. The molecule has 9 heteroatoms. The number of rotatable bonds is 5. The summed E-state index contributed by atoms with van der Waals surface area (Å²) in [5.41, 5.74) is -0.917. The Bertz CT molecular complexity index is 1190. The highest BCUT2D eigenvalue weighted by Crippen LogP contribution is 2.46. The zero-order chi connectivity index (χ0) is 24.0. The Morgan fingerprint density at radius 3 is 2.67 bits per heavy atom. The third kappa shape index (κ3) is 4.44. The van der Waals surface area contributed by atoms with Gasteiger partial charge in [-0.05, 0) is 42.7 Å². The molecule has 2 aliphatic rings. The van der Waals surface area contributed by atoms with E-state index in [1.165, 1.54) is 13.2 Å². The fourth-order valence-corrected chi connectivity index (χ4v) is 5.44. The summed E-state index contributed by atoms with van der Waals surface area (Å²) in [6.45, 7) is 5.53. The lowest BCUT2D eigenvalue weighted by Gasteiger charge is -2.43. The number of fused-ring (bicyclic) bond motifs is 1. The Kier molecular flexibility index (Phi) is 5.67. The fraction of sp³-hybridized carbons (Fsp3) is 0.500. The summed E-state index contributed by atoms with van der Waals surface area (Å²) in [7, 11) is 1.50. The van der Waals surface area contributed by atoms with Gasteiger partial charge in [-0.25, -0.2) is 9.59 Å². The molecule has 2 heterocycles. The summed E-state index contributed by atoms with van der Waals surface area (Å²) < 4.78 is 15.7. The highest BCUT2D eigenvalue weighted by Gasteiger charge is 2.56. The minimum atomic E-state index is -0.980. The Labute approximate surface area is 191 Å². The predicted molar refractivity (Wildman–Crippen MR) is 119 cm³/mol. The van der Waals surface area contributed by atoms with E-state index in [4.69, 9.17) is 13.9 Å². The zero-order valence-electron chi connectivity index (χ0n) is 19.2. The van der Waals surface area contributed by atoms with Crippen LogP contribution in [0.4, 0.5) is 4.79 Å². The van der Waals surface area contributed by atoms with Crippen LogP contribution in [0.25, 0.3) is 11.0 Å². The summed E-state index contributed by atoms with van der Waals surface area (Å²) in [6, 6.07) is 5.64. The Morgan fingerprint density at radius 2 is 1.97 bits per heavy atom. The van der Waals surface area contributed by atoms with Crippen molar-refractivity contribution in [1.82, 2.24) is 10.2 Å². The maximum Gasteiger partial charge on any atom is 0.336 e. The second kappa shape index (κ2) is 8.20. The number of benzene rings is 1. The van der Waals surface area contributed by atoms with Crippen LogP contribution >= 0.6 is 0 Å². The largest absolute Gasteiger partial charge is 0.497 e. The van der Waals surface area contributed by atoms with Crippen LogP contribution in [0.5, 0.6) is 5.75 Å². The maximum absolute atomic E-state index is 13.2. The molecule has 2 aromatic rings. The van der Waals surface area contributed by atoms with Crippen LogP contribution in [0, 0.1) is 11.3 Å². The van der Waals surface area contributed by atoms with Gasteiger partial charge in [-0.1, -0.05) is 20.8 Å². The smallest absolute Gasteiger partial charge is 0.336 e. The van der Waals surface area contributed by atoms with Gasteiger partial charge >= 0.3 is 17.6 Å². The lowest BCUT2D eigenvalue weighted by atomic mass is 9.64. The number of nitrogens with one attached hydrogen (secondary N) is 1. The second-order valence-corrected chi connectivity index (χ2v) is 9.87. The van der Waals surface area contributed by atoms with E-state index < -0.39 is 29.7 Å². The molecule has 4 rings (SSSR count). The first kappa shape index (κ1) is 22.8. The molecule has 176 valence electrons. The molecule has 1 aliphatic heterocycles. The summed E-state index contributed by atoms with van der Waals surface area (Å²) in [6.07, 6.45) is 2.03. The third-order valence-electron chi connectivity index (χ3n) is 6.34. The van der Waals surface area contributed by atoms with Gasteiger partial charge in [0.15, 0.2) is 0 Å². The van der Waals surface area contributed by atoms with Gasteiger partial charge in [-0.3, -0.25) is 14.5 Å². The molecule has 3 amide bonds. The minimum Gasteiger partial charge on any atom is -0.497 e. The normalized spacial score (nSPS) is 24.2. The molecular weight excluding hydrogens is 428 g/mol. The monoisotopic (exact) mass is 456 g/mol. The molecular formula is C24H28N2O7. The molecule has 0 unspecified atom stereocenters. The quantitative estimate of drug-likeness (QED) is 0.418. The van der Waals surface area contributed by atoms with E-state index in [0.717, 1.165) is 11.3 Å². The molecule has 2 fully saturated rings. The van der Waals surface area contributed by atoms with E-state index in [-0.39, 0.29) is 23.8 Å². The summed E-state index contributed by atoms with van der Waals surface area (Å²) in [5.74, 6) is -0.343. The van der Waals surface area contributed by atoms with Crippen molar-refractivity contribution in [3.63, 3.8) is 0 Å². The van der Waals surface area contributed by atoms with Crippen molar-refractivity contribution >= 4 is 28.9 Å². The van der Waals surface area contributed by atoms with Gasteiger partial charge in [-0.15, -0.1) is 0 Å². The van der Waals surface area contributed by atoms with E-state index in [2.05, 4.69) is 26.1 Å². The van der Waals surface area contributed by atoms with Crippen LogP contribution in [-0.4, -0.2) is 42.0 Å². The number of ether oxygens (including phenoxy) is 2. The van der Waals surface area contributed by atoms with Crippen molar-refractivity contribution in [2.24, 2.45) is 11.3 Å². The number of esters is 1. The lowest BCUT2D eigenvalue weighted by Crippen LogP contribution is -2.54. The molecule has 1 spiro atoms. The van der Waals surface area contributed by atoms with Gasteiger partial charge in [0.2, 0.25) is 0 Å². The van der Waals surface area contributed by atoms with Crippen LogP contribution in [0.3, 0.4) is 0 Å². The van der Waals surface area contributed by atoms with Gasteiger partial charge < -0.3 is 19.2 Å². The number of imide groups is 1.